The molecule has 1 saturated heterocycles. The highest BCUT2D eigenvalue weighted by Crippen LogP contribution is 2.31. The lowest BCUT2D eigenvalue weighted by molar-refractivity contribution is 0.219. The van der Waals surface area contributed by atoms with Crippen molar-refractivity contribution < 1.29 is 5.11 Å². The molecule has 2 aromatic heterocycles. The van der Waals surface area contributed by atoms with Crippen LogP contribution in [-0.2, 0) is 13.1 Å². The van der Waals surface area contributed by atoms with E-state index in [1.165, 1.54) is 0 Å². The van der Waals surface area contributed by atoms with Crippen molar-refractivity contribution in [3.8, 4) is 0 Å². The maximum absolute atomic E-state index is 12.9. The molecule has 26 heavy (non-hydrogen) atoms. The molecule has 1 aromatic carbocycles. The summed E-state index contributed by atoms with van der Waals surface area (Å²) >= 11 is 0. The van der Waals surface area contributed by atoms with E-state index >= 15 is 0 Å². The van der Waals surface area contributed by atoms with E-state index in [1.54, 1.807) is 29.1 Å². The summed E-state index contributed by atoms with van der Waals surface area (Å²) in [6.45, 7) is 1.68. The van der Waals surface area contributed by atoms with Crippen molar-refractivity contribution in [2.45, 2.75) is 32.0 Å². The van der Waals surface area contributed by atoms with Crippen molar-refractivity contribution in [1.82, 2.24) is 24.4 Å². The largest absolute Gasteiger partial charge is 0.395 e. The molecular weight excluding hydrogens is 330 g/mol. The van der Waals surface area contributed by atoms with Gasteiger partial charge in [0.25, 0.3) is 5.56 Å². The number of aromatic nitrogens is 4. The Morgan fingerprint density at radius 1 is 1.15 bits per heavy atom. The summed E-state index contributed by atoms with van der Waals surface area (Å²) in [6.07, 6.45) is 5.43. The molecule has 0 radical (unpaired) electrons. The van der Waals surface area contributed by atoms with Gasteiger partial charge in [-0.2, -0.15) is 0 Å². The molecule has 7 nitrogen and oxygen atoms in total. The number of benzene rings is 1. The van der Waals surface area contributed by atoms with Gasteiger partial charge in [0.05, 0.1) is 36.6 Å². The third kappa shape index (κ3) is 3.11. The Hall–Kier alpha value is -2.64. The molecule has 0 amide bonds. The lowest BCUT2D eigenvalue weighted by atomic mass is 10.1. The van der Waals surface area contributed by atoms with Gasteiger partial charge in [0, 0.05) is 12.4 Å². The summed E-state index contributed by atoms with van der Waals surface area (Å²) in [7, 11) is 0. The monoisotopic (exact) mass is 351 g/mol. The lowest BCUT2D eigenvalue weighted by Gasteiger charge is -2.25. The molecule has 134 valence electrons. The number of hydrogen-bond acceptors (Lipinski definition) is 6. The van der Waals surface area contributed by atoms with E-state index in [0.29, 0.717) is 17.4 Å². The average Bonchev–Trinajstić information content (AvgIpc) is 3.13. The number of fused-ring (bicyclic) bond motifs is 1. The van der Waals surface area contributed by atoms with Crippen molar-refractivity contribution in [3.05, 3.63) is 64.7 Å². The fourth-order valence-corrected chi connectivity index (χ4v) is 3.66. The van der Waals surface area contributed by atoms with Gasteiger partial charge in [-0.15, -0.1) is 0 Å². The van der Waals surface area contributed by atoms with E-state index in [1.807, 2.05) is 18.2 Å². The zero-order valence-corrected chi connectivity index (χ0v) is 14.5. The van der Waals surface area contributed by atoms with E-state index in [9.17, 15) is 9.90 Å². The van der Waals surface area contributed by atoms with Crippen molar-refractivity contribution >= 4 is 10.9 Å². The zero-order chi connectivity index (χ0) is 17.9. The standard InChI is InChI=1S/C19H21N5O2/c25-12-11-24-18(22-15-6-2-1-5-14(15)19(24)26)16-7-3-10-23(16)13-17-20-8-4-9-21-17/h1-2,4-6,8-9,16,25H,3,7,10-13H2. The summed E-state index contributed by atoms with van der Waals surface area (Å²) in [5.74, 6) is 1.48. The van der Waals surface area contributed by atoms with Gasteiger partial charge >= 0.3 is 0 Å². The smallest absolute Gasteiger partial charge is 0.261 e. The summed E-state index contributed by atoms with van der Waals surface area (Å²) < 4.78 is 1.62. The number of nitrogens with zero attached hydrogens (tertiary/aromatic N) is 5. The molecule has 3 aromatic rings. The van der Waals surface area contributed by atoms with Crippen LogP contribution in [0.15, 0.2) is 47.5 Å². The first-order valence-electron chi connectivity index (χ1n) is 8.88. The van der Waals surface area contributed by atoms with Gasteiger partial charge in [-0.1, -0.05) is 12.1 Å². The van der Waals surface area contributed by atoms with Crippen LogP contribution in [0.3, 0.4) is 0 Å². The molecule has 0 saturated carbocycles. The Balaban J connectivity index is 1.76. The van der Waals surface area contributed by atoms with E-state index in [2.05, 4.69) is 14.9 Å². The fraction of sp³-hybridized carbons (Fsp3) is 0.368. The highest BCUT2D eigenvalue weighted by molar-refractivity contribution is 5.77. The van der Waals surface area contributed by atoms with Crippen LogP contribution in [-0.4, -0.2) is 42.7 Å². The second kappa shape index (κ2) is 7.31. The normalized spacial score (nSPS) is 17.8. The van der Waals surface area contributed by atoms with Crippen molar-refractivity contribution in [2.24, 2.45) is 0 Å². The maximum atomic E-state index is 12.9. The van der Waals surface area contributed by atoms with Crippen LogP contribution in [0.2, 0.25) is 0 Å². The summed E-state index contributed by atoms with van der Waals surface area (Å²) in [5, 5.41) is 10.0. The number of aliphatic hydroxyl groups is 1. The molecule has 3 heterocycles. The number of hydrogen-bond donors (Lipinski definition) is 1. The quantitative estimate of drug-likeness (QED) is 0.750. The highest BCUT2D eigenvalue weighted by Gasteiger charge is 2.30. The second-order valence-electron chi connectivity index (χ2n) is 6.46. The third-order valence-corrected chi connectivity index (χ3v) is 4.84. The van der Waals surface area contributed by atoms with Crippen LogP contribution >= 0.6 is 0 Å². The minimum absolute atomic E-state index is 0.0164. The molecule has 1 atom stereocenters. The van der Waals surface area contributed by atoms with Gasteiger partial charge in [-0.05, 0) is 37.6 Å². The summed E-state index contributed by atoms with van der Waals surface area (Å²) in [5.41, 5.74) is 0.604. The Morgan fingerprint density at radius 3 is 2.77 bits per heavy atom. The lowest BCUT2D eigenvalue weighted by Crippen LogP contribution is -2.33. The Kier molecular flexibility index (Phi) is 4.73. The second-order valence-corrected chi connectivity index (χ2v) is 6.46. The predicted octanol–water partition coefficient (Wildman–Crippen LogP) is 1.52. The van der Waals surface area contributed by atoms with Gasteiger partial charge in [0.2, 0.25) is 0 Å². The number of para-hydroxylation sites is 1. The van der Waals surface area contributed by atoms with Crippen LogP contribution in [0.1, 0.15) is 30.5 Å². The Morgan fingerprint density at radius 2 is 1.96 bits per heavy atom. The van der Waals surface area contributed by atoms with Gasteiger partial charge in [0.15, 0.2) is 0 Å². The molecule has 1 N–H and O–H groups in total. The minimum atomic E-state index is -0.0958. The van der Waals surface area contributed by atoms with E-state index in [-0.39, 0.29) is 24.8 Å². The maximum Gasteiger partial charge on any atom is 0.261 e. The number of likely N-dealkylation sites (tertiary alicyclic amines) is 1. The fourth-order valence-electron chi connectivity index (χ4n) is 3.66. The predicted molar refractivity (Wildman–Crippen MR) is 97.5 cm³/mol. The Labute approximate surface area is 151 Å². The minimum Gasteiger partial charge on any atom is -0.395 e. The van der Waals surface area contributed by atoms with Crippen molar-refractivity contribution in [2.75, 3.05) is 13.2 Å². The molecule has 0 spiro atoms. The molecule has 4 rings (SSSR count). The van der Waals surface area contributed by atoms with Gasteiger partial charge in [-0.25, -0.2) is 15.0 Å². The highest BCUT2D eigenvalue weighted by atomic mass is 16.3. The van der Waals surface area contributed by atoms with Crippen LogP contribution in [0.25, 0.3) is 10.9 Å². The Bertz CT molecular complexity index is 957. The SMILES string of the molecule is O=c1c2ccccc2nc(C2CCCN2Cc2ncccn2)n1CCO. The average molecular weight is 351 g/mol. The van der Waals surface area contributed by atoms with E-state index < -0.39 is 0 Å². The molecule has 1 fully saturated rings. The first kappa shape index (κ1) is 16.8. The van der Waals surface area contributed by atoms with Crippen LogP contribution < -0.4 is 5.56 Å². The molecule has 1 unspecified atom stereocenters. The molecule has 0 aliphatic carbocycles. The number of rotatable bonds is 5. The van der Waals surface area contributed by atoms with Gasteiger partial charge < -0.3 is 5.11 Å². The van der Waals surface area contributed by atoms with Crippen molar-refractivity contribution in [1.29, 1.82) is 0 Å². The van der Waals surface area contributed by atoms with Crippen LogP contribution in [0.5, 0.6) is 0 Å². The topological polar surface area (TPSA) is 84.1 Å². The van der Waals surface area contributed by atoms with Crippen LogP contribution in [0, 0.1) is 0 Å². The molecule has 1 aliphatic rings. The first-order valence-corrected chi connectivity index (χ1v) is 8.88. The van der Waals surface area contributed by atoms with E-state index in [4.69, 9.17) is 4.98 Å². The number of aliphatic hydroxyl groups excluding tert-OH is 1. The zero-order valence-electron chi connectivity index (χ0n) is 14.5. The summed E-state index contributed by atoms with van der Waals surface area (Å²) in [4.78, 5) is 28.6. The van der Waals surface area contributed by atoms with E-state index in [0.717, 1.165) is 31.0 Å². The molecule has 7 heteroatoms. The molecule has 1 aliphatic heterocycles. The van der Waals surface area contributed by atoms with Gasteiger partial charge in [0.1, 0.15) is 11.6 Å². The molecular formula is C19H21N5O2. The molecule has 0 bridgehead atoms. The van der Waals surface area contributed by atoms with Gasteiger partial charge in [-0.3, -0.25) is 14.3 Å². The van der Waals surface area contributed by atoms with Crippen LogP contribution in [0.4, 0.5) is 0 Å². The first-order chi connectivity index (χ1) is 12.8. The summed E-state index contributed by atoms with van der Waals surface area (Å²) in [6, 6.07) is 9.19. The third-order valence-electron chi connectivity index (χ3n) is 4.84. The van der Waals surface area contributed by atoms with Crippen molar-refractivity contribution in [3.63, 3.8) is 0 Å².